The van der Waals surface area contributed by atoms with Crippen molar-refractivity contribution in [2.24, 2.45) is 10.9 Å². The Balaban J connectivity index is 0.00000484. The van der Waals surface area contributed by atoms with Crippen LogP contribution in [-0.4, -0.2) is 45.5 Å². The number of guanidine groups is 1. The molecule has 5 nitrogen and oxygen atoms in total. The van der Waals surface area contributed by atoms with E-state index >= 15 is 0 Å². The van der Waals surface area contributed by atoms with Crippen LogP contribution >= 0.6 is 24.0 Å². The third-order valence-electron chi connectivity index (χ3n) is 4.25. The number of nitrogens with zero attached hydrogens (tertiary/aromatic N) is 1. The number of hydrogen-bond acceptors (Lipinski definition) is 3. The van der Waals surface area contributed by atoms with Crippen molar-refractivity contribution in [3.63, 3.8) is 0 Å². The molecule has 0 aromatic heterocycles. The van der Waals surface area contributed by atoms with Crippen molar-refractivity contribution < 1.29 is 8.42 Å². The second-order valence-electron chi connectivity index (χ2n) is 6.07. The Morgan fingerprint density at radius 1 is 1.13 bits per heavy atom. The standard InChI is InChI=1S/C16H33N3O2S.HI/c1-3-17-16(19-13-14-22(20,21)4-2)18-12-8-11-15-9-6-5-7-10-15;/h15H,3-14H2,1-2H3,(H2,17,18,19);1H. The number of rotatable bonds is 9. The van der Waals surface area contributed by atoms with Gasteiger partial charge in [-0.2, -0.15) is 0 Å². The van der Waals surface area contributed by atoms with Crippen LogP contribution in [0.4, 0.5) is 0 Å². The van der Waals surface area contributed by atoms with Crippen molar-refractivity contribution in [3.05, 3.63) is 0 Å². The Hall–Kier alpha value is -0.0500. The third-order valence-corrected chi connectivity index (χ3v) is 5.96. The summed E-state index contributed by atoms with van der Waals surface area (Å²) in [5.74, 6) is 1.99. The summed E-state index contributed by atoms with van der Waals surface area (Å²) in [6.45, 7) is 5.72. The molecule has 0 aromatic carbocycles. The van der Waals surface area contributed by atoms with Crippen molar-refractivity contribution in [3.8, 4) is 0 Å². The lowest BCUT2D eigenvalue weighted by Crippen LogP contribution is -2.39. The molecule has 0 heterocycles. The van der Waals surface area contributed by atoms with Gasteiger partial charge in [0.1, 0.15) is 0 Å². The van der Waals surface area contributed by atoms with Crippen LogP contribution in [0.5, 0.6) is 0 Å². The fourth-order valence-electron chi connectivity index (χ4n) is 2.86. The lowest BCUT2D eigenvalue weighted by Gasteiger charge is -2.20. The predicted molar refractivity (Wildman–Crippen MR) is 110 cm³/mol. The van der Waals surface area contributed by atoms with Crippen LogP contribution in [0.2, 0.25) is 0 Å². The van der Waals surface area contributed by atoms with Gasteiger partial charge in [-0.15, -0.1) is 24.0 Å². The van der Waals surface area contributed by atoms with Gasteiger partial charge in [0.2, 0.25) is 0 Å². The lowest BCUT2D eigenvalue weighted by atomic mass is 9.86. The Kier molecular flexibility index (Phi) is 13.2. The van der Waals surface area contributed by atoms with E-state index in [0.717, 1.165) is 31.4 Å². The van der Waals surface area contributed by atoms with Gasteiger partial charge in [-0.25, -0.2) is 8.42 Å². The molecule has 1 aliphatic rings. The van der Waals surface area contributed by atoms with Crippen LogP contribution in [0.1, 0.15) is 58.8 Å². The molecule has 1 rings (SSSR count). The maximum absolute atomic E-state index is 11.5. The Morgan fingerprint density at radius 2 is 1.83 bits per heavy atom. The highest BCUT2D eigenvalue weighted by atomic mass is 127. The topological polar surface area (TPSA) is 70.6 Å². The zero-order chi connectivity index (χ0) is 16.3. The summed E-state index contributed by atoms with van der Waals surface area (Å²) in [5.41, 5.74) is 0. The maximum atomic E-state index is 11.5. The molecule has 0 amide bonds. The highest BCUT2D eigenvalue weighted by molar-refractivity contribution is 14.0. The highest BCUT2D eigenvalue weighted by Gasteiger charge is 2.12. The molecule has 0 saturated heterocycles. The van der Waals surface area contributed by atoms with Crippen molar-refractivity contribution >= 4 is 39.8 Å². The van der Waals surface area contributed by atoms with Gasteiger partial charge in [0, 0.05) is 25.4 Å². The highest BCUT2D eigenvalue weighted by Crippen LogP contribution is 2.27. The van der Waals surface area contributed by atoms with E-state index < -0.39 is 9.84 Å². The molecule has 0 atom stereocenters. The Morgan fingerprint density at radius 3 is 2.43 bits per heavy atom. The quantitative estimate of drug-likeness (QED) is 0.241. The van der Waals surface area contributed by atoms with E-state index in [2.05, 4.69) is 15.6 Å². The maximum Gasteiger partial charge on any atom is 0.191 e. The molecule has 0 radical (unpaired) electrons. The number of hydrogen-bond donors (Lipinski definition) is 2. The predicted octanol–water partition coefficient (Wildman–Crippen LogP) is 2.95. The molecule has 1 fully saturated rings. The summed E-state index contributed by atoms with van der Waals surface area (Å²) in [6.07, 6.45) is 9.35. The first kappa shape index (κ1) is 22.9. The molecular formula is C16H34IN3O2S. The minimum absolute atomic E-state index is 0. The largest absolute Gasteiger partial charge is 0.357 e. The average molecular weight is 459 g/mol. The van der Waals surface area contributed by atoms with E-state index in [-0.39, 0.29) is 35.5 Å². The summed E-state index contributed by atoms with van der Waals surface area (Å²) >= 11 is 0. The normalized spacial score (nSPS) is 16.7. The SMILES string of the molecule is CCNC(=NCCCC1CCCCC1)NCCS(=O)(=O)CC.I. The first-order valence-corrected chi connectivity index (χ1v) is 10.6. The molecule has 0 spiro atoms. The van der Waals surface area contributed by atoms with E-state index in [1.807, 2.05) is 6.92 Å². The molecule has 0 aliphatic heterocycles. The number of aliphatic imine (C=N–C) groups is 1. The molecule has 0 bridgehead atoms. The van der Waals surface area contributed by atoms with E-state index in [9.17, 15) is 8.42 Å². The van der Waals surface area contributed by atoms with E-state index in [1.54, 1.807) is 6.92 Å². The molecule has 0 unspecified atom stereocenters. The second kappa shape index (κ2) is 13.3. The third kappa shape index (κ3) is 11.2. The number of nitrogens with one attached hydrogen (secondary N) is 2. The molecule has 7 heteroatoms. The lowest BCUT2D eigenvalue weighted by molar-refractivity contribution is 0.334. The van der Waals surface area contributed by atoms with Crippen LogP contribution in [0, 0.1) is 5.92 Å². The van der Waals surface area contributed by atoms with Gasteiger partial charge in [0.05, 0.1) is 5.75 Å². The van der Waals surface area contributed by atoms with Crippen LogP contribution < -0.4 is 10.6 Å². The van der Waals surface area contributed by atoms with Gasteiger partial charge in [-0.05, 0) is 25.7 Å². The van der Waals surface area contributed by atoms with Crippen molar-refractivity contribution in [2.45, 2.75) is 58.8 Å². The second-order valence-corrected chi connectivity index (χ2v) is 8.54. The summed E-state index contributed by atoms with van der Waals surface area (Å²) in [7, 11) is -2.92. The summed E-state index contributed by atoms with van der Waals surface area (Å²) in [6, 6.07) is 0. The zero-order valence-electron chi connectivity index (χ0n) is 14.6. The van der Waals surface area contributed by atoms with Gasteiger partial charge < -0.3 is 10.6 Å². The minimum atomic E-state index is -2.92. The molecule has 138 valence electrons. The Labute approximate surface area is 159 Å². The molecule has 23 heavy (non-hydrogen) atoms. The van der Waals surface area contributed by atoms with Gasteiger partial charge in [-0.3, -0.25) is 4.99 Å². The molecular weight excluding hydrogens is 425 g/mol. The van der Waals surface area contributed by atoms with Crippen LogP contribution in [0.25, 0.3) is 0 Å². The van der Waals surface area contributed by atoms with Crippen molar-refractivity contribution in [1.82, 2.24) is 10.6 Å². The van der Waals surface area contributed by atoms with Crippen molar-refractivity contribution in [2.75, 3.05) is 31.1 Å². The summed E-state index contributed by atoms with van der Waals surface area (Å²) in [5, 5.41) is 6.28. The molecule has 1 aliphatic carbocycles. The summed E-state index contributed by atoms with van der Waals surface area (Å²) < 4.78 is 22.9. The average Bonchev–Trinajstić information content (AvgIpc) is 2.52. The number of halogens is 1. The summed E-state index contributed by atoms with van der Waals surface area (Å²) in [4.78, 5) is 4.54. The van der Waals surface area contributed by atoms with Gasteiger partial charge in [0.25, 0.3) is 0 Å². The first-order chi connectivity index (χ1) is 10.6. The van der Waals surface area contributed by atoms with Crippen LogP contribution in [0.15, 0.2) is 4.99 Å². The van der Waals surface area contributed by atoms with Gasteiger partial charge in [-0.1, -0.05) is 39.0 Å². The van der Waals surface area contributed by atoms with E-state index in [4.69, 9.17) is 0 Å². The van der Waals surface area contributed by atoms with Crippen molar-refractivity contribution in [1.29, 1.82) is 0 Å². The smallest absolute Gasteiger partial charge is 0.191 e. The monoisotopic (exact) mass is 459 g/mol. The fourth-order valence-corrected chi connectivity index (χ4v) is 3.56. The van der Waals surface area contributed by atoms with Gasteiger partial charge >= 0.3 is 0 Å². The molecule has 2 N–H and O–H groups in total. The zero-order valence-corrected chi connectivity index (χ0v) is 17.8. The van der Waals surface area contributed by atoms with E-state index in [0.29, 0.717) is 6.54 Å². The Bertz CT molecular complexity index is 421. The first-order valence-electron chi connectivity index (χ1n) is 8.80. The minimum Gasteiger partial charge on any atom is -0.357 e. The molecule has 1 saturated carbocycles. The van der Waals surface area contributed by atoms with Crippen LogP contribution in [-0.2, 0) is 9.84 Å². The fraction of sp³-hybridized carbons (Fsp3) is 0.938. The van der Waals surface area contributed by atoms with Gasteiger partial charge in [0.15, 0.2) is 15.8 Å². The number of sulfone groups is 1. The van der Waals surface area contributed by atoms with E-state index in [1.165, 1.54) is 38.5 Å². The van der Waals surface area contributed by atoms with Crippen LogP contribution in [0.3, 0.4) is 0 Å². The molecule has 0 aromatic rings.